The third kappa shape index (κ3) is 11.1. The summed E-state index contributed by atoms with van der Waals surface area (Å²) in [5, 5.41) is 4.85. The van der Waals surface area contributed by atoms with E-state index in [2.05, 4.69) is 10.6 Å². The summed E-state index contributed by atoms with van der Waals surface area (Å²) in [5.74, 6) is -0.434. The van der Waals surface area contributed by atoms with Gasteiger partial charge in [-0.1, -0.05) is 74.6 Å². The molecule has 1 heterocycles. The molecule has 0 bridgehead atoms. The van der Waals surface area contributed by atoms with Crippen LogP contribution in [0.3, 0.4) is 0 Å². The van der Waals surface area contributed by atoms with Gasteiger partial charge in [-0.05, 0) is 57.2 Å². The van der Waals surface area contributed by atoms with Crippen molar-refractivity contribution >= 4 is 43.2 Å². The van der Waals surface area contributed by atoms with Gasteiger partial charge in [0.15, 0.2) is 0 Å². The van der Waals surface area contributed by atoms with Gasteiger partial charge in [0.1, 0.15) is 11.6 Å². The average molecular weight is 662 g/mol. The van der Waals surface area contributed by atoms with Crippen LogP contribution in [-0.2, 0) is 34.5 Å². The number of phosphoric ester groups is 1. The zero-order valence-corrected chi connectivity index (χ0v) is 27.8. The van der Waals surface area contributed by atoms with E-state index < -0.39 is 37.7 Å². The number of fused-ring (bicyclic) bond motifs is 1. The van der Waals surface area contributed by atoms with Gasteiger partial charge in [-0.2, -0.15) is 0 Å². The molecule has 1 aliphatic heterocycles. The first-order valence-corrected chi connectivity index (χ1v) is 17.9. The highest BCUT2D eigenvalue weighted by Crippen LogP contribution is 2.45. The van der Waals surface area contributed by atoms with Gasteiger partial charge in [0.25, 0.3) is 5.91 Å². The number of amides is 3. The van der Waals surface area contributed by atoms with Crippen LogP contribution in [-0.4, -0.2) is 53.0 Å². The number of rotatable bonds is 12. The number of carbonyl (C=O) groups excluding carboxylic acids is 3. The highest BCUT2D eigenvalue weighted by Gasteiger charge is 2.38. The number of benzene rings is 2. The van der Waals surface area contributed by atoms with Crippen LogP contribution < -0.4 is 15.5 Å². The number of nitrogens with zero attached hydrogens (tertiary/aromatic N) is 1. The lowest BCUT2D eigenvalue weighted by molar-refractivity contribution is -0.133. The van der Waals surface area contributed by atoms with Crippen molar-refractivity contribution in [2.45, 2.75) is 95.1 Å². The van der Waals surface area contributed by atoms with Crippen LogP contribution in [0.15, 0.2) is 59.5 Å². The number of ether oxygens (including phenoxy) is 1. The number of hydrogen-bond donors (Lipinski definition) is 3. The Balaban J connectivity index is 1.47. The summed E-state index contributed by atoms with van der Waals surface area (Å²) in [4.78, 5) is 53.2. The van der Waals surface area contributed by atoms with Gasteiger partial charge in [-0.3, -0.25) is 24.0 Å². The fraction of sp³-hybridized carbons (Fsp3) is 0.531. The third-order valence-corrected chi connectivity index (χ3v) is 9.61. The fourth-order valence-corrected chi connectivity index (χ4v) is 7.26. The van der Waals surface area contributed by atoms with E-state index in [0.29, 0.717) is 18.0 Å². The molecule has 3 atom stereocenters. The van der Waals surface area contributed by atoms with Crippen LogP contribution in [0.5, 0.6) is 0 Å². The van der Waals surface area contributed by atoms with Crippen LogP contribution in [0.25, 0.3) is 0 Å². The van der Waals surface area contributed by atoms with Crippen molar-refractivity contribution in [1.82, 2.24) is 10.6 Å². The summed E-state index contributed by atoms with van der Waals surface area (Å²) in [7, 11) is -4.87. The van der Waals surface area contributed by atoms with Gasteiger partial charge in [0, 0.05) is 17.2 Å². The van der Waals surface area contributed by atoms with E-state index in [-0.39, 0.29) is 18.3 Å². The number of phosphoric acid groups is 1. The second-order valence-electron chi connectivity index (χ2n) is 12.3. The molecule has 0 spiro atoms. The second kappa shape index (κ2) is 16.1. The summed E-state index contributed by atoms with van der Waals surface area (Å²) in [6.45, 7) is 5.11. The fourth-order valence-electron chi connectivity index (χ4n) is 5.40. The zero-order chi connectivity index (χ0) is 32.5. The largest absolute Gasteiger partial charge is 0.474 e. The molecule has 4 rings (SSSR count). The molecule has 11 nitrogen and oxygen atoms in total. The first-order valence-electron chi connectivity index (χ1n) is 15.4. The van der Waals surface area contributed by atoms with E-state index >= 15 is 0 Å². The normalized spacial score (nSPS) is 19.5. The molecule has 1 aliphatic carbocycles. The zero-order valence-electron chi connectivity index (χ0n) is 26.1. The lowest BCUT2D eigenvalue weighted by Crippen LogP contribution is -2.56. The van der Waals surface area contributed by atoms with Crippen LogP contribution in [0.1, 0.15) is 71.3 Å². The van der Waals surface area contributed by atoms with E-state index in [1.165, 1.54) is 43.9 Å². The Labute approximate surface area is 269 Å². The minimum absolute atomic E-state index is 0.209. The minimum Gasteiger partial charge on any atom is -0.444 e. The van der Waals surface area contributed by atoms with E-state index in [1.807, 2.05) is 24.3 Å². The summed E-state index contributed by atoms with van der Waals surface area (Å²) < 4.78 is 28.4. The maximum absolute atomic E-state index is 13.9. The molecule has 0 saturated heterocycles. The molecule has 1 saturated carbocycles. The van der Waals surface area contributed by atoms with Crippen molar-refractivity contribution in [2.24, 2.45) is 5.92 Å². The first-order chi connectivity index (χ1) is 21.4. The Morgan fingerprint density at radius 3 is 2.47 bits per heavy atom. The lowest BCUT2D eigenvalue weighted by atomic mass is 9.86. The molecular formula is C32H44N3O8PS. The van der Waals surface area contributed by atoms with Crippen molar-refractivity contribution in [3.05, 3.63) is 60.2 Å². The molecular weight excluding hydrogens is 617 g/mol. The maximum atomic E-state index is 13.9. The summed E-state index contributed by atoms with van der Waals surface area (Å²) in [6.07, 6.45) is 5.03. The highest BCUT2D eigenvalue weighted by atomic mass is 32.2. The summed E-state index contributed by atoms with van der Waals surface area (Å²) in [5.41, 5.74) is 0.456. The molecule has 3 unspecified atom stereocenters. The number of alkyl carbamates (subject to hydrolysis) is 1. The highest BCUT2D eigenvalue weighted by molar-refractivity contribution is 7.99. The molecule has 246 valence electrons. The van der Waals surface area contributed by atoms with Crippen LogP contribution in [0.4, 0.5) is 10.5 Å². The number of anilines is 1. The van der Waals surface area contributed by atoms with Gasteiger partial charge in [-0.25, -0.2) is 9.36 Å². The Morgan fingerprint density at radius 2 is 1.76 bits per heavy atom. The molecule has 45 heavy (non-hydrogen) atoms. The number of para-hydroxylation sites is 1. The van der Waals surface area contributed by atoms with E-state index in [4.69, 9.17) is 13.8 Å². The van der Waals surface area contributed by atoms with E-state index in [1.54, 1.807) is 56.0 Å². The van der Waals surface area contributed by atoms with Crippen LogP contribution >= 0.6 is 19.6 Å². The predicted molar refractivity (Wildman–Crippen MR) is 173 cm³/mol. The number of thioether (sulfide) groups is 1. The first kappa shape index (κ1) is 35.0. The van der Waals surface area contributed by atoms with Crippen LogP contribution in [0, 0.1) is 5.92 Å². The van der Waals surface area contributed by atoms with Gasteiger partial charge < -0.3 is 19.8 Å². The number of hydrogen-bond acceptors (Lipinski definition) is 8. The van der Waals surface area contributed by atoms with Gasteiger partial charge >= 0.3 is 13.9 Å². The molecule has 0 radical (unpaired) electrons. The Hall–Kier alpha value is -2.89. The smallest absolute Gasteiger partial charge is 0.444 e. The monoisotopic (exact) mass is 661 g/mol. The third-order valence-electron chi connectivity index (χ3n) is 7.52. The summed E-state index contributed by atoms with van der Waals surface area (Å²) >= 11 is 1.42. The van der Waals surface area contributed by atoms with Crippen molar-refractivity contribution in [1.29, 1.82) is 0 Å². The lowest BCUT2D eigenvalue weighted by Gasteiger charge is -2.28. The Kier molecular flexibility index (Phi) is 12.5. The second-order valence-corrected chi connectivity index (χ2v) is 14.8. The summed E-state index contributed by atoms with van der Waals surface area (Å²) in [6, 6.07) is 15.3. The molecule has 2 aromatic rings. The average Bonchev–Trinajstić information content (AvgIpc) is 3.12. The number of carbonyl (C=O) groups is 3. The molecule has 13 heteroatoms. The van der Waals surface area contributed by atoms with Gasteiger partial charge in [0.05, 0.1) is 12.3 Å². The van der Waals surface area contributed by atoms with E-state index in [9.17, 15) is 23.8 Å². The minimum atomic E-state index is -4.87. The molecule has 3 N–H and O–H groups in total. The standard InChI is InChI=1S/C32H44N3O8PS/c1-32(2,3)42-31(38)34-29(43-44(39,40)41-21-24-15-8-5-9-16-24)28(36)33-25-22-45-27-19-11-10-18-26(27)35(30(25)37)20-12-17-23-13-6-4-7-14-23/h5,8-11,15-16,18-19,23,25,29H,4,6-7,12-14,17,20-22H2,1-3H3,(H,33,36)(H,34,38)(H,39,40). The molecule has 0 aromatic heterocycles. The van der Waals surface area contributed by atoms with Gasteiger partial charge in [-0.15, -0.1) is 11.8 Å². The van der Waals surface area contributed by atoms with Crippen LogP contribution in [0.2, 0.25) is 0 Å². The van der Waals surface area contributed by atoms with E-state index in [0.717, 1.165) is 23.4 Å². The quantitative estimate of drug-likeness (QED) is 0.180. The molecule has 2 aromatic carbocycles. The number of nitrogens with one attached hydrogen (secondary N) is 2. The molecule has 3 amide bonds. The topological polar surface area (TPSA) is 144 Å². The van der Waals surface area contributed by atoms with Crippen molar-refractivity contribution < 1.29 is 37.6 Å². The SMILES string of the molecule is CC(C)(C)OC(=O)NC(OP(=O)(O)OCc1ccccc1)C(=O)NC1CSc2ccccc2N(CCCC2CCCCC2)C1=O. The Bertz CT molecular complexity index is 1350. The predicted octanol–water partition coefficient (Wildman–Crippen LogP) is 6.16. The Morgan fingerprint density at radius 1 is 1.07 bits per heavy atom. The van der Waals surface area contributed by atoms with Crippen molar-refractivity contribution in [3.8, 4) is 0 Å². The van der Waals surface area contributed by atoms with Gasteiger partial charge in [0.2, 0.25) is 12.1 Å². The van der Waals surface area contributed by atoms with Crippen molar-refractivity contribution in [3.63, 3.8) is 0 Å². The molecule has 1 fully saturated rings. The molecule has 2 aliphatic rings. The van der Waals surface area contributed by atoms with Crippen molar-refractivity contribution in [2.75, 3.05) is 17.2 Å². The maximum Gasteiger partial charge on any atom is 0.474 e.